The maximum absolute atomic E-state index is 6.56. The van der Waals surface area contributed by atoms with Gasteiger partial charge in [-0.05, 0) is 46.1 Å². The smallest absolute Gasteiger partial charge is 0.133 e. The molecule has 4 heteroatoms. The molecule has 2 nitrogen and oxygen atoms in total. The summed E-state index contributed by atoms with van der Waals surface area (Å²) in [6.07, 6.45) is 3.52. The Hall–Kier alpha value is -0.930. The van der Waals surface area contributed by atoms with Crippen LogP contribution >= 0.6 is 27.5 Å². The van der Waals surface area contributed by atoms with Gasteiger partial charge in [0.1, 0.15) is 11.5 Å². The Bertz CT molecular complexity index is 565. The predicted octanol–water partition coefficient (Wildman–Crippen LogP) is 5.72. The van der Waals surface area contributed by atoms with Gasteiger partial charge in [-0.1, -0.05) is 19.9 Å². The lowest BCUT2D eigenvalue weighted by Crippen LogP contribution is -1.98. The summed E-state index contributed by atoms with van der Waals surface area (Å²) in [6, 6.07) is 7.90. The molecular weight excluding hydrogens is 340 g/mol. The first-order valence-electron chi connectivity index (χ1n) is 6.79. The number of hydrogen-bond acceptors (Lipinski definition) is 2. The number of rotatable bonds is 6. The number of ether oxygens (including phenoxy) is 1. The molecule has 1 heterocycles. The summed E-state index contributed by atoms with van der Waals surface area (Å²) < 4.78 is 12.0. The first-order valence-corrected chi connectivity index (χ1v) is 8.02. The van der Waals surface area contributed by atoms with Crippen molar-refractivity contribution in [2.45, 2.75) is 32.1 Å². The third-order valence-electron chi connectivity index (χ3n) is 3.08. The average molecular weight is 358 g/mol. The van der Waals surface area contributed by atoms with Crippen LogP contribution in [0.1, 0.15) is 42.5 Å². The SMILES string of the molecule is CCCOc1ccc(C(Cl)c2ccoc2CC)cc1Br. The van der Waals surface area contributed by atoms with Crippen LogP contribution in [0.5, 0.6) is 5.75 Å². The van der Waals surface area contributed by atoms with Gasteiger partial charge in [0.25, 0.3) is 0 Å². The van der Waals surface area contributed by atoms with Gasteiger partial charge in [-0.25, -0.2) is 0 Å². The molecule has 20 heavy (non-hydrogen) atoms. The molecule has 1 unspecified atom stereocenters. The van der Waals surface area contributed by atoms with Gasteiger partial charge in [0.15, 0.2) is 0 Å². The largest absolute Gasteiger partial charge is 0.492 e. The Morgan fingerprint density at radius 2 is 2.10 bits per heavy atom. The lowest BCUT2D eigenvalue weighted by Gasteiger charge is -2.13. The van der Waals surface area contributed by atoms with E-state index in [2.05, 4.69) is 29.8 Å². The van der Waals surface area contributed by atoms with Crippen molar-refractivity contribution >= 4 is 27.5 Å². The standard InChI is InChI=1S/C16H18BrClO2/c1-3-8-19-15-6-5-11(10-13(15)17)16(18)12-7-9-20-14(12)4-2/h5-7,9-10,16H,3-4,8H2,1-2H3. The third-order valence-corrected chi connectivity index (χ3v) is 4.19. The van der Waals surface area contributed by atoms with Crippen molar-refractivity contribution in [3.05, 3.63) is 51.9 Å². The fourth-order valence-electron chi connectivity index (χ4n) is 2.05. The van der Waals surface area contributed by atoms with Crippen molar-refractivity contribution in [2.75, 3.05) is 6.61 Å². The first kappa shape index (κ1) is 15.5. The van der Waals surface area contributed by atoms with Crippen LogP contribution in [0.2, 0.25) is 0 Å². The fraction of sp³-hybridized carbons (Fsp3) is 0.375. The van der Waals surface area contributed by atoms with Gasteiger partial charge in [0.2, 0.25) is 0 Å². The molecule has 2 rings (SSSR count). The van der Waals surface area contributed by atoms with Crippen LogP contribution in [0, 0.1) is 0 Å². The summed E-state index contributed by atoms with van der Waals surface area (Å²) in [6.45, 7) is 4.86. The van der Waals surface area contributed by atoms with Crippen molar-refractivity contribution in [3.63, 3.8) is 0 Å². The summed E-state index contributed by atoms with van der Waals surface area (Å²) >= 11 is 10.1. The van der Waals surface area contributed by atoms with E-state index in [0.29, 0.717) is 6.61 Å². The summed E-state index contributed by atoms with van der Waals surface area (Å²) in [5.74, 6) is 1.79. The van der Waals surface area contributed by atoms with E-state index >= 15 is 0 Å². The molecule has 1 aromatic carbocycles. The van der Waals surface area contributed by atoms with Crippen molar-refractivity contribution in [2.24, 2.45) is 0 Å². The minimum Gasteiger partial charge on any atom is -0.492 e. The molecule has 0 N–H and O–H groups in total. The minimum absolute atomic E-state index is 0.208. The minimum atomic E-state index is -0.208. The molecule has 0 saturated carbocycles. The summed E-state index contributed by atoms with van der Waals surface area (Å²) in [7, 11) is 0. The summed E-state index contributed by atoms with van der Waals surface area (Å²) in [5.41, 5.74) is 2.06. The van der Waals surface area contributed by atoms with Gasteiger partial charge in [-0.2, -0.15) is 0 Å². The topological polar surface area (TPSA) is 22.4 Å². The Morgan fingerprint density at radius 1 is 1.30 bits per heavy atom. The highest BCUT2D eigenvalue weighted by Gasteiger charge is 2.17. The maximum Gasteiger partial charge on any atom is 0.133 e. The van der Waals surface area contributed by atoms with Crippen molar-refractivity contribution in [3.8, 4) is 5.75 Å². The molecule has 0 bridgehead atoms. The van der Waals surface area contributed by atoms with Gasteiger partial charge < -0.3 is 9.15 Å². The van der Waals surface area contributed by atoms with E-state index < -0.39 is 0 Å². The third kappa shape index (κ3) is 3.39. The molecule has 0 aliphatic heterocycles. The fourth-order valence-corrected chi connectivity index (χ4v) is 2.89. The molecular formula is C16H18BrClO2. The number of aryl methyl sites for hydroxylation is 1. The van der Waals surface area contributed by atoms with Crippen LogP contribution in [-0.4, -0.2) is 6.61 Å². The normalized spacial score (nSPS) is 12.4. The molecule has 1 aromatic heterocycles. The van der Waals surface area contributed by atoms with Gasteiger partial charge in [-0.15, -0.1) is 11.6 Å². The zero-order valence-corrected chi connectivity index (χ0v) is 14.0. The molecule has 0 saturated heterocycles. The molecule has 108 valence electrons. The molecule has 0 fully saturated rings. The van der Waals surface area contributed by atoms with E-state index in [4.69, 9.17) is 20.8 Å². The van der Waals surface area contributed by atoms with Gasteiger partial charge in [-0.3, -0.25) is 0 Å². The number of furan rings is 1. The molecule has 0 radical (unpaired) electrons. The van der Waals surface area contributed by atoms with Crippen LogP contribution in [0.3, 0.4) is 0 Å². The second-order valence-electron chi connectivity index (χ2n) is 4.55. The Labute approximate surface area is 133 Å². The highest BCUT2D eigenvalue weighted by atomic mass is 79.9. The second-order valence-corrected chi connectivity index (χ2v) is 5.84. The number of benzene rings is 1. The Balaban J connectivity index is 2.23. The average Bonchev–Trinajstić information content (AvgIpc) is 2.93. The van der Waals surface area contributed by atoms with E-state index in [1.165, 1.54) is 0 Å². The Morgan fingerprint density at radius 3 is 2.75 bits per heavy atom. The summed E-state index contributed by atoms with van der Waals surface area (Å²) in [5, 5.41) is -0.208. The van der Waals surface area contributed by atoms with Crippen molar-refractivity contribution < 1.29 is 9.15 Å². The van der Waals surface area contributed by atoms with E-state index in [1.54, 1.807) is 6.26 Å². The quantitative estimate of drug-likeness (QED) is 0.617. The van der Waals surface area contributed by atoms with E-state index in [9.17, 15) is 0 Å². The zero-order valence-electron chi connectivity index (χ0n) is 11.7. The van der Waals surface area contributed by atoms with E-state index in [0.717, 1.165) is 40.0 Å². The second kappa shape index (κ2) is 7.19. The highest BCUT2D eigenvalue weighted by Crippen LogP contribution is 2.36. The van der Waals surface area contributed by atoms with Crippen LogP contribution < -0.4 is 4.74 Å². The molecule has 0 aliphatic rings. The van der Waals surface area contributed by atoms with Crippen LogP contribution in [0.25, 0.3) is 0 Å². The van der Waals surface area contributed by atoms with Crippen LogP contribution in [-0.2, 0) is 6.42 Å². The van der Waals surface area contributed by atoms with Crippen LogP contribution in [0.15, 0.2) is 39.4 Å². The molecule has 2 aromatic rings. The van der Waals surface area contributed by atoms with E-state index in [-0.39, 0.29) is 5.38 Å². The van der Waals surface area contributed by atoms with Crippen molar-refractivity contribution in [1.82, 2.24) is 0 Å². The maximum atomic E-state index is 6.56. The van der Waals surface area contributed by atoms with Gasteiger partial charge in [0.05, 0.1) is 22.7 Å². The lowest BCUT2D eigenvalue weighted by molar-refractivity contribution is 0.315. The summed E-state index contributed by atoms with van der Waals surface area (Å²) in [4.78, 5) is 0. The van der Waals surface area contributed by atoms with Crippen LogP contribution in [0.4, 0.5) is 0 Å². The highest BCUT2D eigenvalue weighted by molar-refractivity contribution is 9.10. The number of halogens is 2. The molecule has 0 aliphatic carbocycles. The van der Waals surface area contributed by atoms with Crippen molar-refractivity contribution in [1.29, 1.82) is 0 Å². The monoisotopic (exact) mass is 356 g/mol. The Kier molecular flexibility index (Phi) is 5.55. The predicted molar refractivity (Wildman–Crippen MR) is 85.7 cm³/mol. The molecule has 0 amide bonds. The van der Waals surface area contributed by atoms with E-state index in [1.807, 2.05) is 24.3 Å². The first-order chi connectivity index (χ1) is 9.67. The van der Waals surface area contributed by atoms with Gasteiger partial charge >= 0.3 is 0 Å². The molecule has 1 atom stereocenters. The number of hydrogen-bond donors (Lipinski definition) is 0. The zero-order chi connectivity index (χ0) is 14.5. The van der Waals surface area contributed by atoms with Gasteiger partial charge in [0, 0.05) is 12.0 Å². The molecule has 0 spiro atoms. The lowest BCUT2D eigenvalue weighted by atomic mass is 10.0. The number of alkyl halides is 1.